The molecule has 0 N–H and O–H groups in total. The van der Waals surface area contributed by atoms with Gasteiger partial charge < -0.3 is 0 Å². The predicted molar refractivity (Wildman–Crippen MR) is 157 cm³/mol. The van der Waals surface area contributed by atoms with Crippen molar-refractivity contribution in [3.8, 4) is 11.1 Å². The van der Waals surface area contributed by atoms with Crippen molar-refractivity contribution in [1.29, 1.82) is 0 Å². The lowest BCUT2D eigenvalue weighted by atomic mass is 9.93. The molecule has 0 aliphatic heterocycles. The van der Waals surface area contributed by atoms with Crippen molar-refractivity contribution in [2.24, 2.45) is 0 Å². The number of hydrogen-bond acceptors (Lipinski definition) is 0. The van der Waals surface area contributed by atoms with Gasteiger partial charge >= 0.3 is 0 Å². The summed E-state index contributed by atoms with van der Waals surface area (Å²) in [5, 5.41) is 15.5. The lowest BCUT2D eigenvalue weighted by Gasteiger charge is -2.11. The molecule has 0 saturated heterocycles. The van der Waals surface area contributed by atoms with Gasteiger partial charge in [-0.2, -0.15) is 0 Å². The summed E-state index contributed by atoms with van der Waals surface area (Å²) >= 11 is 0. The summed E-state index contributed by atoms with van der Waals surface area (Å²) in [4.78, 5) is 0. The van der Waals surface area contributed by atoms with Gasteiger partial charge in [0.25, 0.3) is 0 Å². The smallest absolute Gasteiger partial charge is 0.00988 e. The van der Waals surface area contributed by atoms with Gasteiger partial charge in [0, 0.05) is 0 Å². The molecule has 0 atom stereocenters. The van der Waals surface area contributed by atoms with Gasteiger partial charge in [0.15, 0.2) is 0 Å². The van der Waals surface area contributed by atoms with Gasteiger partial charge in [-0.15, -0.1) is 0 Å². The van der Waals surface area contributed by atoms with E-state index >= 15 is 0 Å². The third kappa shape index (κ3) is 2.95. The summed E-state index contributed by atoms with van der Waals surface area (Å²) in [6.45, 7) is 0. The van der Waals surface area contributed by atoms with Crippen LogP contribution in [-0.2, 0) is 0 Å². The fraction of sp³-hybridized carbons (Fsp3) is 0. The molecule has 0 aliphatic rings. The maximum atomic E-state index is 2.37. The molecule has 0 amide bonds. The van der Waals surface area contributed by atoms with E-state index in [-0.39, 0.29) is 0 Å². The summed E-state index contributed by atoms with van der Waals surface area (Å²) in [6.07, 6.45) is 0. The summed E-state index contributed by atoms with van der Waals surface area (Å²) < 4.78 is 0. The van der Waals surface area contributed by atoms with E-state index in [1.54, 1.807) is 0 Å². The summed E-state index contributed by atoms with van der Waals surface area (Å²) in [5.41, 5.74) is 2.51. The van der Waals surface area contributed by atoms with Crippen LogP contribution in [0.4, 0.5) is 0 Å². The largest absolute Gasteiger partial charge is 0.0616 e. The third-order valence-electron chi connectivity index (χ3n) is 7.74. The highest BCUT2D eigenvalue weighted by Crippen LogP contribution is 2.35. The van der Waals surface area contributed by atoms with Crippen molar-refractivity contribution in [2.45, 2.75) is 0 Å². The van der Waals surface area contributed by atoms with Gasteiger partial charge in [-0.3, -0.25) is 0 Å². The zero-order valence-corrected chi connectivity index (χ0v) is 19.7. The van der Waals surface area contributed by atoms with Gasteiger partial charge in [-0.1, -0.05) is 97.1 Å². The molecule has 166 valence electrons. The monoisotopic (exact) mass is 454 g/mol. The van der Waals surface area contributed by atoms with Crippen LogP contribution in [0.25, 0.3) is 75.8 Å². The second-order valence-electron chi connectivity index (χ2n) is 9.84. The molecule has 36 heavy (non-hydrogen) atoms. The van der Waals surface area contributed by atoms with E-state index in [2.05, 4.69) is 133 Å². The van der Waals surface area contributed by atoms with E-state index in [4.69, 9.17) is 0 Å². The molecule has 8 aromatic rings. The van der Waals surface area contributed by atoms with Crippen LogP contribution in [-0.4, -0.2) is 0 Å². The molecule has 8 aromatic carbocycles. The van der Waals surface area contributed by atoms with Crippen molar-refractivity contribution < 1.29 is 0 Å². The molecule has 0 aliphatic carbocycles. The minimum atomic E-state index is 1.25. The Kier molecular flexibility index (Phi) is 4.03. The van der Waals surface area contributed by atoms with Gasteiger partial charge in [0.05, 0.1) is 0 Å². The van der Waals surface area contributed by atoms with Crippen LogP contribution in [0.5, 0.6) is 0 Å². The number of rotatable bonds is 1. The third-order valence-corrected chi connectivity index (χ3v) is 7.74. The molecular weight excluding hydrogens is 432 g/mol. The fourth-order valence-electron chi connectivity index (χ4n) is 5.85. The Morgan fingerprint density at radius 2 is 0.556 bits per heavy atom. The number of benzene rings is 8. The van der Waals surface area contributed by atoms with E-state index < -0.39 is 0 Å². The van der Waals surface area contributed by atoms with Crippen molar-refractivity contribution in [3.05, 3.63) is 133 Å². The standard InChI is InChI=1S/C36H22/c1-3-7-27-19-35-31(17-25(27)5-1)15-11-23-9-13-29(21-33(23)35)30-14-10-24-12-16-32-18-26-6-2-4-8-28(26)20-36(32)34(24)22-30/h1-22H. The average Bonchev–Trinajstić information content (AvgIpc) is 2.94. The first-order valence-electron chi connectivity index (χ1n) is 12.5. The van der Waals surface area contributed by atoms with Crippen LogP contribution in [0.1, 0.15) is 0 Å². The molecule has 0 heterocycles. The number of hydrogen-bond donors (Lipinski definition) is 0. The minimum Gasteiger partial charge on any atom is -0.0616 e. The molecule has 0 unspecified atom stereocenters. The van der Waals surface area contributed by atoms with E-state index in [1.807, 2.05) is 0 Å². The lowest BCUT2D eigenvalue weighted by molar-refractivity contribution is 1.69. The van der Waals surface area contributed by atoms with Crippen molar-refractivity contribution in [3.63, 3.8) is 0 Å². The highest BCUT2D eigenvalue weighted by Gasteiger charge is 2.08. The van der Waals surface area contributed by atoms with Crippen LogP contribution in [0.15, 0.2) is 133 Å². The fourth-order valence-corrected chi connectivity index (χ4v) is 5.85. The maximum Gasteiger partial charge on any atom is -0.00988 e. The first kappa shape index (κ1) is 19.6. The van der Waals surface area contributed by atoms with Crippen LogP contribution >= 0.6 is 0 Å². The Labute approximate surface area is 209 Å². The zero-order valence-electron chi connectivity index (χ0n) is 19.7. The molecule has 0 spiro atoms. The lowest BCUT2D eigenvalue weighted by Crippen LogP contribution is -1.84. The Bertz CT molecular complexity index is 1990. The molecule has 0 fully saturated rings. The predicted octanol–water partition coefficient (Wildman–Crippen LogP) is 10.3. The van der Waals surface area contributed by atoms with Gasteiger partial charge in [0.1, 0.15) is 0 Å². The Morgan fingerprint density at radius 3 is 1.00 bits per heavy atom. The van der Waals surface area contributed by atoms with E-state index in [0.717, 1.165) is 0 Å². The molecule has 0 radical (unpaired) electrons. The van der Waals surface area contributed by atoms with Crippen LogP contribution in [0, 0.1) is 0 Å². The topological polar surface area (TPSA) is 0 Å². The van der Waals surface area contributed by atoms with Crippen molar-refractivity contribution in [1.82, 2.24) is 0 Å². The zero-order chi connectivity index (χ0) is 23.6. The Hall–Kier alpha value is -4.68. The van der Waals surface area contributed by atoms with E-state index in [0.29, 0.717) is 0 Å². The molecule has 0 nitrogen and oxygen atoms in total. The van der Waals surface area contributed by atoms with Gasteiger partial charge in [-0.05, 0) is 112 Å². The van der Waals surface area contributed by atoms with Gasteiger partial charge in [0.2, 0.25) is 0 Å². The van der Waals surface area contributed by atoms with Crippen LogP contribution in [0.3, 0.4) is 0 Å². The molecule has 0 aromatic heterocycles. The highest BCUT2D eigenvalue weighted by atomic mass is 14.1. The quantitative estimate of drug-likeness (QED) is 0.171. The second-order valence-corrected chi connectivity index (χ2v) is 9.84. The molecule has 0 bridgehead atoms. The molecular formula is C36H22. The molecule has 0 saturated carbocycles. The summed E-state index contributed by atoms with van der Waals surface area (Å²) in [5.74, 6) is 0. The normalized spacial score (nSPS) is 11.9. The molecule has 8 rings (SSSR count). The van der Waals surface area contributed by atoms with E-state index in [1.165, 1.54) is 75.8 Å². The maximum absolute atomic E-state index is 2.37. The van der Waals surface area contributed by atoms with Gasteiger partial charge in [-0.25, -0.2) is 0 Å². The highest BCUT2D eigenvalue weighted by molar-refractivity contribution is 6.15. The van der Waals surface area contributed by atoms with Crippen molar-refractivity contribution >= 4 is 64.6 Å². The summed E-state index contributed by atoms with van der Waals surface area (Å²) in [7, 11) is 0. The Balaban J connectivity index is 1.37. The first-order chi connectivity index (χ1) is 17.8. The second kappa shape index (κ2) is 7.41. The molecule has 0 heteroatoms. The summed E-state index contributed by atoms with van der Waals surface area (Å²) in [6, 6.07) is 49.3. The van der Waals surface area contributed by atoms with Crippen molar-refractivity contribution in [2.75, 3.05) is 0 Å². The van der Waals surface area contributed by atoms with E-state index in [9.17, 15) is 0 Å². The minimum absolute atomic E-state index is 1.25. The number of fused-ring (bicyclic) bond motifs is 8. The Morgan fingerprint density at radius 1 is 0.222 bits per heavy atom. The van der Waals surface area contributed by atoms with Crippen LogP contribution < -0.4 is 0 Å². The average molecular weight is 455 g/mol. The van der Waals surface area contributed by atoms with Crippen LogP contribution in [0.2, 0.25) is 0 Å². The first-order valence-corrected chi connectivity index (χ1v) is 12.5. The SMILES string of the molecule is c1ccc2cc3c(ccc4ccc(-c5ccc6ccc7cc8ccccc8cc7c6c5)cc43)cc2c1.